The first-order valence-corrected chi connectivity index (χ1v) is 8.23. The minimum Gasteiger partial charge on any atom is -0.339 e. The zero-order valence-electron chi connectivity index (χ0n) is 12.4. The lowest BCUT2D eigenvalue weighted by molar-refractivity contribution is 0.0717. The topological polar surface area (TPSA) is 58.1 Å². The molecular formula is C16H16Cl2N4O. The number of halogens is 2. The average Bonchev–Trinajstić information content (AvgIpc) is 2.55. The van der Waals surface area contributed by atoms with Crippen molar-refractivity contribution < 1.29 is 4.79 Å². The Bertz CT molecular complexity index is 679. The van der Waals surface area contributed by atoms with Gasteiger partial charge in [-0.1, -0.05) is 23.2 Å². The molecule has 1 aliphatic heterocycles. The van der Waals surface area contributed by atoms with Crippen molar-refractivity contribution in [2.75, 3.05) is 18.4 Å². The highest BCUT2D eigenvalue weighted by molar-refractivity contribution is 6.35. The van der Waals surface area contributed by atoms with Gasteiger partial charge >= 0.3 is 0 Å². The molecule has 0 bridgehead atoms. The van der Waals surface area contributed by atoms with Crippen molar-refractivity contribution in [3.8, 4) is 0 Å². The number of likely N-dealkylation sites (tertiary alicyclic amines) is 1. The van der Waals surface area contributed by atoms with Crippen LogP contribution in [0.5, 0.6) is 0 Å². The quantitative estimate of drug-likeness (QED) is 0.902. The van der Waals surface area contributed by atoms with Gasteiger partial charge in [-0.05, 0) is 49.6 Å². The van der Waals surface area contributed by atoms with Gasteiger partial charge in [0.2, 0.25) is 0 Å². The normalized spacial score (nSPS) is 14.6. The number of carbonyl (C=O) groups is 1. The minimum absolute atomic E-state index is 0.0606. The van der Waals surface area contributed by atoms with Crippen LogP contribution in [0.2, 0.25) is 10.0 Å². The smallest absolute Gasteiger partial charge is 0.274 e. The molecule has 1 N–H and O–H groups in total. The summed E-state index contributed by atoms with van der Waals surface area (Å²) in [5.41, 5.74) is 1.08. The second kappa shape index (κ2) is 7.15. The summed E-state index contributed by atoms with van der Waals surface area (Å²) in [7, 11) is 0. The molecule has 1 aliphatic rings. The molecule has 0 atom stereocenters. The van der Waals surface area contributed by atoms with Gasteiger partial charge in [-0.2, -0.15) is 0 Å². The van der Waals surface area contributed by atoms with Crippen molar-refractivity contribution in [2.45, 2.75) is 19.3 Å². The number of piperidine rings is 1. The van der Waals surface area contributed by atoms with Crippen LogP contribution in [0.25, 0.3) is 0 Å². The van der Waals surface area contributed by atoms with Crippen molar-refractivity contribution in [3.63, 3.8) is 0 Å². The molecule has 1 aromatic carbocycles. The van der Waals surface area contributed by atoms with E-state index in [2.05, 4.69) is 15.5 Å². The summed E-state index contributed by atoms with van der Waals surface area (Å²) in [6, 6.07) is 8.53. The summed E-state index contributed by atoms with van der Waals surface area (Å²) in [5.74, 6) is 0.466. The molecule has 120 valence electrons. The Balaban J connectivity index is 1.70. The number of rotatable bonds is 3. The van der Waals surface area contributed by atoms with Crippen LogP contribution in [0.3, 0.4) is 0 Å². The average molecular weight is 351 g/mol. The van der Waals surface area contributed by atoms with Gasteiger partial charge in [0.25, 0.3) is 5.91 Å². The number of hydrogen-bond acceptors (Lipinski definition) is 4. The van der Waals surface area contributed by atoms with Crippen LogP contribution in [-0.4, -0.2) is 34.1 Å². The highest BCUT2D eigenvalue weighted by Gasteiger charge is 2.19. The third kappa shape index (κ3) is 4.12. The van der Waals surface area contributed by atoms with E-state index >= 15 is 0 Å². The maximum atomic E-state index is 12.3. The summed E-state index contributed by atoms with van der Waals surface area (Å²) in [5, 5.41) is 12.2. The van der Waals surface area contributed by atoms with E-state index in [1.165, 1.54) is 6.42 Å². The van der Waals surface area contributed by atoms with Gasteiger partial charge in [-0.3, -0.25) is 4.79 Å². The Kier molecular flexibility index (Phi) is 4.98. The van der Waals surface area contributed by atoms with E-state index in [-0.39, 0.29) is 5.91 Å². The fourth-order valence-electron chi connectivity index (χ4n) is 2.55. The van der Waals surface area contributed by atoms with Gasteiger partial charge in [0.1, 0.15) is 0 Å². The Labute approximate surface area is 144 Å². The Morgan fingerprint density at radius 2 is 1.70 bits per heavy atom. The summed E-state index contributed by atoms with van der Waals surface area (Å²) in [4.78, 5) is 14.2. The lowest BCUT2D eigenvalue weighted by Crippen LogP contribution is -2.36. The fraction of sp³-hybridized carbons (Fsp3) is 0.312. The van der Waals surface area contributed by atoms with Crippen LogP contribution in [0.1, 0.15) is 29.8 Å². The first-order chi connectivity index (χ1) is 11.1. The second-order valence-corrected chi connectivity index (χ2v) is 6.31. The molecule has 2 heterocycles. The maximum Gasteiger partial charge on any atom is 0.274 e. The van der Waals surface area contributed by atoms with E-state index in [9.17, 15) is 4.79 Å². The first-order valence-electron chi connectivity index (χ1n) is 7.48. The highest BCUT2D eigenvalue weighted by Crippen LogP contribution is 2.24. The van der Waals surface area contributed by atoms with Crippen LogP contribution >= 0.6 is 23.2 Å². The van der Waals surface area contributed by atoms with E-state index in [0.29, 0.717) is 27.2 Å². The number of carbonyl (C=O) groups excluding carboxylic acids is 1. The number of amides is 1. The van der Waals surface area contributed by atoms with E-state index < -0.39 is 0 Å². The Morgan fingerprint density at radius 1 is 1.00 bits per heavy atom. The van der Waals surface area contributed by atoms with Gasteiger partial charge in [-0.15, -0.1) is 10.2 Å². The summed E-state index contributed by atoms with van der Waals surface area (Å²) in [6.07, 6.45) is 3.28. The number of nitrogens with zero attached hydrogens (tertiary/aromatic N) is 3. The number of hydrogen-bond donors (Lipinski definition) is 1. The molecule has 1 amide bonds. The van der Waals surface area contributed by atoms with Gasteiger partial charge in [0.05, 0.1) is 0 Å². The van der Waals surface area contributed by atoms with Crippen molar-refractivity contribution in [1.82, 2.24) is 15.1 Å². The summed E-state index contributed by atoms with van der Waals surface area (Å²) in [6.45, 7) is 1.59. The zero-order chi connectivity index (χ0) is 16.2. The molecule has 1 aromatic heterocycles. The van der Waals surface area contributed by atoms with Crippen LogP contribution in [-0.2, 0) is 0 Å². The minimum atomic E-state index is -0.0606. The molecule has 0 saturated carbocycles. The predicted octanol–water partition coefficient (Wildman–Crippen LogP) is 4.15. The fourth-order valence-corrected chi connectivity index (χ4v) is 3.07. The second-order valence-electron chi connectivity index (χ2n) is 5.44. The molecule has 0 radical (unpaired) electrons. The van der Waals surface area contributed by atoms with Crippen molar-refractivity contribution in [2.24, 2.45) is 0 Å². The molecule has 23 heavy (non-hydrogen) atoms. The molecular weight excluding hydrogens is 335 g/mol. The Hall–Kier alpha value is -1.85. The van der Waals surface area contributed by atoms with Crippen LogP contribution in [0, 0.1) is 0 Å². The number of anilines is 2. The summed E-state index contributed by atoms with van der Waals surface area (Å²) >= 11 is 11.9. The molecule has 1 saturated heterocycles. The standard InChI is InChI=1S/C16H16Cl2N4O/c17-11-8-12(18)10-13(9-11)19-15-5-4-14(20-21-15)16(23)22-6-2-1-3-7-22/h4-5,8-10H,1-3,6-7H2,(H,19,21). The van der Waals surface area contributed by atoms with Crippen molar-refractivity contribution >= 4 is 40.6 Å². The van der Waals surface area contributed by atoms with E-state index in [4.69, 9.17) is 23.2 Å². The lowest BCUT2D eigenvalue weighted by Gasteiger charge is -2.26. The van der Waals surface area contributed by atoms with Gasteiger partial charge in [0.15, 0.2) is 11.5 Å². The first kappa shape index (κ1) is 16.0. The molecule has 0 spiro atoms. The largest absolute Gasteiger partial charge is 0.339 e. The molecule has 5 nitrogen and oxygen atoms in total. The third-order valence-electron chi connectivity index (χ3n) is 3.66. The third-order valence-corrected chi connectivity index (χ3v) is 4.10. The zero-order valence-corrected chi connectivity index (χ0v) is 13.9. The van der Waals surface area contributed by atoms with Crippen LogP contribution in [0.15, 0.2) is 30.3 Å². The van der Waals surface area contributed by atoms with E-state index in [1.54, 1.807) is 30.3 Å². The van der Waals surface area contributed by atoms with Gasteiger partial charge < -0.3 is 10.2 Å². The molecule has 0 unspecified atom stereocenters. The number of aromatic nitrogens is 2. The number of benzene rings is 1. The molecule has 7 heteroatoms. The predicted molar refractivity (Wildman–Crippen MR) is 91.5 cm³/mol. The molecule has 0 aliphatic carbocycles. The lowest BCUT2D eigenvalue weighted by atomic mass is 10.1. The highest BCUT2D eigenvalue weighted by atomic mass is 35.5. The Morgan fingerprint density at radius 3 is 2.30 bits per heavy atom. The van der Waals surface area contributed by atoms with Crippen LogP contribution < -0.4 is 5.32 Å². The monoisotopic (exact) mass is 350 g/mol. The van der Waals surface area contributed by atoms with Gasteiger partial charge in [-0.25, -0.2) is 0 Å². The molecule has 3 rings (SSSR count). The molecule has 2 aromatic rings. The van der Waals surface area contributed by atoms with E-state index in [1.807, 2.05) is 4.90 Å². The molecule has 1 fully saturated rings. The van der Waals surface area contributed by atoms with Crippen LogP contribution in [0.4, 0.5) is 11.5 Å². The maximum absolute atomic E-state index is 12.3. The summed E-state index contributed by atoms with van der Waals surface area (Å²) < 4.78 is 0. The van der Waals surface area contributed by atoms with Gasteiger partial charge in [0, 0.05) is 28.8 Å². The SMILES string of the molecule is O=C(c1ccc(Nc2cc(Cl)cc(Cl)c2)nn1)N1CCCCC1. The van der Waals surface area contributed by atoms with Crippen molar-refractivity contribution in [1.29, 1.82) is 0 Å². The number of nitrogens with one attached hydrogen (secondary N) is 1. The van der Waals surface area contributed by atoms with Crippen molar-refractivity contribution in [3.05, 3.63) is 46.1 Å². The van der Waals surface area contributed by atoms with E-state index in [0.717, 1.165) is 25.9 Å².